The van der Waals surface area contributed by atoms with Gasteiger partial charge in [0.05, 0.1) is 0 Å². The summed E-state index contributed by atoms with van der Waals surface area (Å²) in [5.41, 5.74) is 4.19. The van der Waals surface area contributed by atoms with Crippen molar-refractivity contribution < 1.29 is 9.59 Å². The molecular weight excluding hydrogens is 340 g/mol. The Bertz CT molecular complexity index is 687. The number of carbonyl (C=O) groups excluding carboxylic acids is 2. The Morgan fingerprint density at radius 3 is 1.30 bits per heavy atom. The topological polar surface area (TPSA) is 64.7 Å². The summed E-state index contributed by atoms with van der Waals surface area (Å²) in [5, 5.41) is 5.56. The van der Waals surface area contributed by atoms with Crippen molar-refractivity contribution in [1.29, 1.82) is 0 Å². The molecule has 6 nitrogen and oxygen atoms in total. The molecule has 0 saturated carbocycles. The molecule has 2 rings (SSSR count). The van der Waals surface area contributed by atoms with Crippen molar-refractivity contribution in [2.24, 2.45) is 0 Å². The molecule has 2 amide bonds. The van der Waals surface area contributed by atoms with Crippen LogP contribution in [0.1, 0.15) is 17.5 Å². The molecule has 2 N–H and O–H groups in total. The lowest BCUT2D eigenvalue weighted by Gasteiger charge is -2.13. The minimum absolute atomic E-state index is 0.175. The van der Waals surface area contributed by atoms with Crippen LogP contribution >= 0.6 is 0 Å². The van der Waals surface area contributed by atoms with Gasteiger partial charge in [-0.1, -0.05) is 24.3 Å². The zero-order valence-corrected chi connectivity index (χ0v) is 16.5. The maximum atomic E-state index is 11.9. The fourth-order valence-corrected chi connectivity index (χ4v) is 2.50. The Balaban J connectivity index is 1.72. The highest BCUT2D eigenvalue weighted by molar-refractivity contribution is 5.96. The molecule has 6 heteroatoms. The van der Waals surface area contributed by atoms with E-state index < -0.39 is 0 Å². The van der Waals surface area contributed by atoms with E-state index in [2.05, 4.69) is 10.6 Å². The number of anilines is 2. The Morgan fingerprint density at radius 1 is 0.667 bits per heavy atom. The molecule has 2 aromatic carbocycles. The van der Waals surface area contributed by atoms with Crippen LogP contribution in [0.25, 0.3) is 0 Å². The second-order valence-electron chi connectivity index (χ2n) is 6.85. The lowest BCUT2D eigenvalue weighted by atomic mass is 10.2. The van der Waals surface area contributed by atoms with E-state index in [9.17, 15) is 9.59 Å². The van der Waals surface area contributed by atoms with Crippen molar-refractivity contribution >= 4 is 23.2 Å². The summed E-state index contributed by atoms with van der Waals surface area (Å²) in [6.45, 7) is 0.817. The monoisotopic (exact) mass is 368 g/mol. The molecule has 0 saturated heterocycles. The summed E-state index contributed by atoms with van der Waals surface area (Å²) in [7, 11) is 7.91. The van der Waals surface area contributed by atoms with Crippen molar-refractivity contribution in [2.45, 2.75) is 19.5 Å². The predicted octanol–water partition coefficient (Wildman–Crippen LogP) is 2.14. The van der Waals surface area contributed by atoms with Crippen LogP contribution in [0.5, 0.6) is 0 Å². The van der Waals surface area contributed by atoms with Crippen molar-refractivity contribution in [3.8, 4) is 0 Å². The first kappa shape index (κ1) is 20.3. The lowest BCUT2D eigenvalue weighted by molar-refractivity contribution is -0.129. The molecular formula is C21H28N4O2. The Morgan fingerprint density at radius 2 is 1.00 bits per heavy atom. The molecule has 0 spiro atoms. The van der Waals surface area contributed by atoms with Crippen LogP contribution in [-0.4, -0.2) is 40.0 Å². The molecule has 0 aliphatic rings. The van der Waals surface area contributed by atoms with Crippen LogP contribution in [0.4, 0.5) is 11.4 Å². The van der Waals surface area contributed by atoms with Crippen LogP contribution in [0, 0.1) is 0 Å². The van der Waals surface area contributed by atoms with Gasteiger partial charge in [0.15, 0.2) is 0 Å². The first-order valence-corrected chi connectivity index (χ1v) is 8.91. The third-order valence-corrected chi connectivity index (χ3v) is 4.21. The smallest absolute Gasteiger partial charge is 0.229 e. The number of carbonyl (C=O) groups is 2. The summed E-state index contributed by atoms with van der Waals surface area (Å²) in [6, 6.07) is 15.8. The summed E-state index contributed by atoms with van der Waals surface area (Å²) < 4.78 is 0. The highest BCUT2D eigenvalue weighted by Crippen LogP contribution is 2.13. The highest BCUT2D eigenvalue weighted by atomic mass is 16.2. The van der Waals surface area contributed by atoms with Crippen LogP contribution in [-0.2, 0) is 22.7 Å². The number of amides is 2. The van der Waals surface area contributed by atoms with Gasteiger partial charge in [-0.3, -0.25) is 9.59 Å². The summed E-state index contributed by atoms with van der Waals surface area (Å²) in [5.74, 6) is -0.570. The van der Waals surface area contributed by atoms with Gasteiger partial charge in [-0.15, -0.1) is 0 Å². The van der Waals surface area contributed by atoms with Gasteiger partial charge >= 0.3 is 0 Å². The van der Waals surface area contributed by atoms with E-state index in [1.165, 1.54) is 0 Å². The van der Waals surface area contributed by atoms with Gasteiger partial charge in [-0.05, 0) is 35.4 Å². The SMILES string of the molecule is CN(C)c1ccc(CNC(=O)CC(=O)NCc2ccc(N(C)C)cc2)cc1. The minimum atomic E-state index is -0.285. The van der Waals surface area contributed by atoms with Crippen molar-refractivity contribution in [1.82, 2.24) is 10.6 Å². The largest absolute Gasteiger partial charge is 0.378 e. The normalized spacial score (nSPS) is 10.2. The Kier molecular flexibility index (Phi) is 7.23. The highest BCUT2D eigenvalue weighted by Gasteiger charge is 2.09. The molecule has 2 aromatic rings. The van der Waals surface area contributed by atoms with Gasteiger partial charge < -0.3 is 20.4 Å². The van der Waals surface area contributed by atoms with Crippen molar-refractivity contribution in [3.05, 3.63) is 59.7 Å². The molecule has 0 heterocycles. The molecule has 0 radical (unpaired) electrons. The molecule has 0 atom stereocenters. The van der Waals surface area contributed by atoms with Crippen molar-refractivity contribution in [2.75, 3.05) is 38.0 Å². The average molecular weight is 368 g/mol. The fraction of sp³-hybridized carbons (Fsp3) is 0.333. The van der Waals surface area contributed by atoms with Crippen LogP contribution in [0.2, 0.25) is 0 Å². The third kappa shape index (κ3) is 6.66. The van der Waals surface area contributed by atoms with E-state index in [4.69, 9.17) is 0 Å². The molecule has 0 aliphatic carbocycles. The number of hydrogen-bond acceptors (Lipinski definition) is 4. The van der Waals surface area contributed by atoms with Gasteiger partial charge in [-0.25, -0.2) is 0 Å². The van der Waals surface area contributed by atoms with Crippen molar-refractivity contribution in [3.63, 3.8) is 0 Å². The van der Waals surface area contributed by atoms with Crippen LogP contribution < -0.4 is 20.4 Å². The van der Waals surface area contributed by atoms with Gasteiger partial charge in [0, 0.05) is 52.7 Å². The van der Waals surface area contributed by atoms with Crippen LogP contribution in [0.15, 0.2) is 48.5 Å². The minimum Gasteiger partial charge on any atom is -0.378 e. The number of nitrogens with zero attached hydrogens (tertiary/aromatic N) is 2. The van der Waals surface area contributed by atoms with E-state index in [-0.39, 0.29) is 18.2 Å². The average Bonchev–Trinajstić information content (AvgIpc) is 2.65. The number of rotatable bonds is 8. The van der Waals surface area contributed by atoms with E-state index in [0.29, 0.717) is 13.1 Å². The Hall–Kier alpha value is -3.02. The first-order valence-electron chi connectivity index (χ1n) is 8.91. The fourth-order valence-electron chi connectivity index (χ4n) is 2.50. The van der Waals surface area contributed by atoms with Gasteiger partial charge in [0.1, 0.15) is 6.42 Å². The zero-order chi connectivity index (χ0) is 19.8. The van der Waals surface area contributed by atoms with E-state index in [1.807, 2.05) is 86.5 Å². The third-order valence-electron chi connectivity index (χ3n) is 4.21. The summed E-state index contributed by atoms with van der Waals surface area (Å²) >= 11 is 0. The molecule has 0 unspecified atom stereocenters. The Labute approximate surface area is 161 Å². The second kappa shape index (κ2) is 9.62. The molecule has 27 heavy (non-hydrogen) atoms. The molecule has 0 fully saturated rings. The predicted molar refractivity (Wildman–Crippen MR) is 110 cm³/mol. The summed E-state index contributed by atoms with van der Waals surface area (Å²) in [4.78, 5) is 27.9. The number of hydrogen-bond donors (Lipinski definition) is 2. The number of benzene rings is 2. The maximum Gasteiger partial charge on any atom is 0.229 e. The molecule has 144 valence electrons. The maximum absolute atomic E-state index is 11.9. The molecule has 0 aromatic heterocycles. The van der Waals surface area contributed by atoms with Crippen LogP contribution in [0.3, 0.4) is 0 Å². The first-order chi connectivity index (χ1) is 12.8. The second-order valence-corrected chi connectivity index (χ2v) is 6.85. The van der Waals surface area contributed by atoms with E-state index >= 15 is 0 Å². The lowest BCUT2D eigenvalue weighted by Crippen LogP contribution is -2.31. The van der Waals surface area contributed by atoms with E-state index in [1.54, 1.807) is 0 Å². The van der Waals surface area contributed by atoms with Gasteiger partial charge in [0.2, 0.25) is 11.8 Å². The molecule has 0 bridgehead atoms. The quantitative estimate of drug-likeness (QED) is 0.701. The van der Waals surface area contributed by atoms with Gasteiger partial charge in [-0.2, -0.15) is 0 Å². The zero-order valence-electron chi connectivity index (χ0n) is 16.5. The van der Waals surface area contributed by atoms with E-state index in [0.717, 1.165) is 22.5 Å². The van der Waals surface area contributed by atoms with Gasteiger partial charge in [0.25, 0.3) is 0 Å². The molecule has 0 aliphatic heterocycles. The standard InChI is InChI=1S/C21H28N4O2/c1-24(2)18-9-5-16(6-10-18)14-22-20(26)13-21(27)23-15-17-7-11-19(12-8-17)25(3)4/h5-12H,13-15H2,1-4H3,(H,22,26)(H,23,27). The number of nitrogens with one attached hydrogen (secondary N) is 2. The summed E-state index contributed by atoms with van der Waals surface area (Å²) in [6.07, 6.45) is -0.175.